The smallest absolute Gasteiger partial charge is 0.253 e. The van der Waals surface area contributed by atoms with Gasteiger partial charge < -0.3 is 11.1 Å². The van der Waals surface area contributed by atoms with Gasteiger partial charge in [-0.3, -0.25) is 4.79 Å². The molecule has 0 spiro atoms. The number of anilines is 1. The summed E-state index contributed by atoms with van der Waals surface area (Å²) in [5.74, 6) is -0.120. The molecule has 0 radical (unpaired) electrons. The lowest BCUT2D eigenvalue weighted by Gasteiger charge is -2.15. The number of benzene rings is 2. The third kappa shape index (κ3) is 4.78. The largest absolute Gasteiger partial charge is 0.398 e. The molecule has 3 nitrogen and oxygen atoms in total. The Hall–Kier alpha value is -2.00. The van der Waals surface area contributed by atoms with Gasteiger partial charge in [0.25, 0.3) is 5.91 Å². The van der Waals surface area contributed by atoms with E-state index in [9.17, 15) is 4.79 Å². The summed E-state index contributed by atoms with van der Waals surface area (Å²) in [5.41, 5.74) is 10.6. The summed E-state index contributed by atoms with van der Waals surface area (Å²) in [4.78, 5) is 12.2. The van der Waals surface area contributed by atoms with E-state index < -0.39 is 0 Å². The summed E-state index contributed by atoms with van der Waals surface area (Å²) in [6, 6.07) is 13.7. The summed E-state index contributed by atoms with van der Waals surface area (Å²) < 4.78 is 0. The van der Waals surface area contributed by atoms with Gasteiger partial charge in [0.2, 0.25) is 0 Å². The number of amides is 1. The van der Waals surface area contributed by atoms with Gasteiger partial charge in [0.15, 0.2) is 0 Å². The molecule has 1 amide bonds. The number of carbonyl (C=O) groups is 1. The average molecular weight is 319 g/mol. The molecule has 0 aliphatic carbocycles. The number of nitrogens with two attached hydrogens (primary N) is 1. The number of rotatable bonds is 4. The van der Waals surface area contributed by atoms with Crippen LogP contribution in [0, 0.1) is 13.8 Å². The summed E-state index contributed by atoms with van der Waals surface area (Å²) in [7, 11) is 0. The Morgan fingerprint density at radius 3 is 2.32 bits per heavy atom. The Bertz CT molecular complexity index is 635. The first-order valence-corrected chi connectivity index (χ1v) is 7.18. The molecule has 2 aromatic carbocycles. The molecule has 1 atom stereocenters. The first-order valence-electron chi connectivity index (χ1n) is 7.18. The molecular weight excluding hydrogens is 296 g/mol. The van der Waals surface area contributed by atoms with Crippen LogP contribution in [0.1, 0.15) is 34.0 Å². The van der Waals surface area contributed by atoms with E-state index in [1.807, 2.05) is 19.1 Å². The zero-order chi connectivity index (χ0) is 15.4. The molecule has 2 aromatic rings. The third-order valence-corrected chi connectivity index (χ3v) is 3.41. The van der Waals surface area contributed by atoms with Crippen molar-refractivity contribution in [3.8, 4) is 0 Å². The van der Waals surface area contributed by atoms with Crippen molar-refractivity contribution in [3.63, 3.8) is 0 Å². The second kappa shape index (κ2) is 7.85. The number of hydrogen-bond donors (Lipinski definition) is 2. The zero-order valence-corrected chi connectivity index (χ0v) is 14.0. The number of carbonyl (C=O) groups excluding carboxylic acids is 1. The van der Waals surface area contributed by atoms with Crippen LogP contribution in [-0.2, 0) is 6.42 Å². The minimum absolute atomic E-state index is 0. The molecule has 0 aliphatic heterocycles. The van der Waals surface area contributed by atoms with E-state index in [-0.39, 0.29) is 24.4 Å². The van der Waals surface area contributed by atoms with Crippen molar-refractivity contribution in [1.29, 1.82) is 0 Å². The highest BCUT2D eigenvalue weighted by atomic mass is 35.5. The molecule has 22 heavy (non-hydrogen) atoms. The summed E-state index contributed by atoms with van der Waals surface area (Å²) in [6.45, 7) is 6.18. The summed E-state index contributed by atoms with van der Waals surface area (Å²) in [6.07, 6.45) is 0.807. The Morgan fingerprint density at radius 2 is 1.73 bits per heavy atom. The normalized spacial score (nSPS) is 11.4. The maximum Gasteiger partial charge on any atom is 0.253 e. The van der Waals surface area contributed by atoms with E-state index in [1.54, 1.807) is 12.1 Å². The van der Waals surface area contributed by atoms with Gasteiger partial charge in [-0.1, -0.05) is 41.5 Å². The van der Waals surface area contributed by atoms with Crippen molar-refractivity contribution < 1.29 is 4.79 Å². The average Bonchev–Trinajstić information content (AvgIpc) is 2.37. The monoisotopic (exact) mass is 318 g/mol. The lowest BCUT2D eigenvalue weighted by molar-refractivity contribution is 0.0941. The lowest BCUT2D eigenvalue weighted by atomic mass is 10.0. The van der Waals surface area contributed by atoms with Crippen molar-refractivity contribution in [2.45, 2.75) is 33.2 Å². The maximum absolute atomic E-state index is 12.2. The van der Waals surface area contributed by atoms with Gasteiger partial charge in [0.05, 0.1) is 5.56 Å². The molecule has 1 unspecified atom stereocenters. The topological polar surface area (TPSA) is 55.1 Å². The molecule has 0 aliphatic rings. The van der Waals surface area contributed by atoms with Gasteiger partial charge in [-0.05, 0) is 44.9 Å². The quantitative estimate of drug-likeness (QED) is 0.845. The van der Waals surface area contributed by atoms with Crippen LogP contribution < -0.4 is 11.1 Å². The second-order valence-corrected chi connectivity index (χ2v) is 5.66. The number of para-hydroxylation sites is 1. The molecule has 3 N–H and O–H groups in total. The Labute approximate surface area is 138 Å². The maximum atomic E-state index is 12.2. The van der Waals surface area contributed by atoms with E-state index in [1.165, 1.54) is 16.7 Å². The van der Waals surface area contributed by atoms with Crippen LogP contribution in [0.15, 0.2) is 42.5 Å². The van der Waals surface area contributed by atoms with Gasteiger partial charge in [-0.15, -0.1) is 12.4 Å². The fourth-order valence-electron chi connectivity index (χ4n) is 2.60. The third-order valence-electron chi connectivity index (χ3n) is 3.41. The van der Waals surface area contributed by atoms with Gasteiger partial charge in [0, 0.05) is 11.7 Å². The van der Waals surface area contributed by atoms with Crippen molar-refractivity contribution in [2.24, 2.45) is 0 Å². The van der Waals surface area contributed by atoms with Crippen LogP contribution in [0.3, 0.4) is 0 Å². The minimum Gasteiger partial charge on any atom is -0.398 e. The molecule has 2 rings (SSSR count). The van der Waals surface area contributed by atoms with Gasteiger partial charge in [-0.2, -0.15) is 0 Å². The molecule has 0 bridgehead atoms. The molecule has 0 aromatic heterocycles. The number of halogens is 1. The van der Waals surface area contributed by atoms with Crippen molar-refractivity contribution in [3.05, 3.63) is 64.7 Å². The second-order valence-electron chi connectivity index (χ2n) is 5.66. The van der Waals surface area contributed by atoms with E-state index >= 15 is 0 Å². The van der Waals surface area contributed by atoms with Crippen LogP contribution in [0.25, 0.3) is 0 Å². The molecule has 0 saturated heterocycles. The fourth-order valence-corrected chi connectivity index (χ4v) is 2.60. The Morgan fingerprint density at radius 1 is 1.14 bits per heavy atom. The molecule has 118 valence electrons. The van der Waals surface area contributed by atoms with Crippen LogP contribution in [0.5, 0.6) is 0 Å². The van der Waals surface area contributed by atoms with Crippen LogP contribution in [0.4, 0.5) is 5.69 Å². The molecular formula is C18H23ClN2O. The number of nitrogens with one attached hydrogen (secondary N) is 1. The van der Waals surface area contributed by atoms with Crippen LogP contribution in [-0.4, -0.2) is 11.9 Å². The van der Waals surface area contributed by atoms with E-state index in [0.29, 0.717) is 11.3 Å². The first kappa shape index (κ1) is 18.1. The summed E-state index contributed by atoms with van der Waals surface area (Å²) >= 11 is 0. The first-order chi connectivity index (χ1) is 9.95. The predicted octanol–water partition coefficient (Wildman–Crippen LogP) is 3.67. The van der Waals surface area contributed by atoms with Crippen LogP contribution >= 0.6 is 12.4 Å². The summed E-state index contributed by atoms with van der Waals surface area (Å²) in [5, 5.41) is 3.01. The predicted molar refractivity (Wildman–Crippen MR) is 94.7 cm³/mol. The van der Waals surface area contributed by atoms with E-state index in [0.717, 1.165) is 6.42 Å². The SMILES string of the molecule is Cc1cc(C)cc(CC(C)NC(=O)c2ccccc2N)c1.Cl. The molecule has 4 heteroatoms. The number of aryl methyl sites for hydroxylation is 2. The van der Waals surface area contributed by atoms with Gasteiger partial charge >= 0.3 is 0 Å². The highest BCUT2D eigenvalue weighted by molar-refractivity contribution is 5.99. The van der Waals surface area contributed by atoms with Gasteiger partial charge in [0.1, 0.15) is 0 Å². The molecule has 0 fully saturated rings. The standard InChI is InChI=1S/C18H22N2O.ClH/c1-12-8-13(2)10-15(9-12)11-14(3)20-18(21)16-6-4-5-7-17(16)19;/h4-10,14H,11,19H2,1-3H3,(H,20,21);1H. The highest BCUT2D eigenvalue weighted by Gasteiger charge is 2.12. The highest BCUT2D eigenvalue weighted by Crippen LogP contribution is 2.13. The zero-order valence-electron chi connectivity index (χ0n) is 13.2. The fraction of sp³-hybridized carbons (Fsp3) is 0.278. The number of nitrogen functional groups attached to an aromatic ring is 1. The van der Waals surface area contributed by atoms with Crippen LogP contribution in [0.2, 0.25) is 0 Å². The Balaban J connectivity index is 0.00000242. The minimum atomic E-state index is -0.120. The lowest BCUT2D eigenvalue weighted by Crippen LogP contribution is -2.34. The molecule has 0 saturated carbocycles. The Kier molecular flexibility index (Phi) is 6.44. The molecule has 0 heterocycles. The number of hydrogen-bond acceptors (Lipinski definition) is 2. The van der Waals surface area contributed by atoms with Crippen molar-refractivity contribution in [1.82, 2.24) is 5.32 Å². The van der Waals surface area contributed by atoms with Crippen molar-refractivity contribution >= 4 is 24.0 Å². The van der Waals surface area contributed by atoms with E-state index in [2.05, 4.69) is 37.4 Å². The van der Waals surface area contributed by atoms with Gasteiger partial charge in [-0.25, -0.2) is 0 Å². The van der Waals surface area contributed by atoms with E-state index in [4.69, 9.17) is 5.73 Å². The van der Waals surface area contributed by atoms with Crippen molar-refractivity contribution in [2.75, 3.05) is 5.73 Å².